The van der Waals surface area contributed by atoms with Crippen molar-refractivity contribution in [2.24, 2.45) is 4.99 Å². The minimum Gasteiger partial charge on any atom is -0.506 e. The van der Waals surface area contributed by atoms with Crippen molar-refractivity contribution >= 4 is 17.9 Å². The molecule has 0 saturated heterocycles. The van der Waals surface area contributed by atoms with Crippen LogP contribution in [0.3, 0.4) is 0 Å². The van der Waals surface area contributed by atoms with Gasteiger partial charge in [0.2, 0.25) is 5.82 Å². The minimum absolute atomic E-state index is 0.446. The van der Waals surface area contributed by atoms with Gasteiger partial charge in [-0.25, -0.2) is 26.7 Å². The van der Waals surface area contributed by atoms with Crippen molar-refractivity contribution < 1.29 is 42.1 Å². The van der Waals surface area contributed by atoms with Gasteiger partial charge in [-0.05, 0) is 5.56 Å². The first-order valence-corrected chi connectivity index (χ1v) is 7.58. The zero-order valence-corrected chi connectivity index (χ0v) is 13.8. The molecule has 0 radical (unpaired) electrons. The van der Waals surface area contributed by atoms with Crippen molar-refractivity contribution in [3.8, 4) is 0 Å². The molecule has 28 heavy (non-hydrogen) atoms. The first kappa shape index (κ1) is 21.0. The lowest BCUT2D eigenvalue weighted by atomic mass is 10.1. The molecule has 2 aromatic rings. The van der Waals surface area contributed by atoms with Gasteiger partial charge in [0.25, 0.3) is 0 Å². The lowest BCUT2D eigenvalue weighted by Crippen LogP contribution is -2.12. The Morgan fingerprint density at radius 1 is 0.929 bits per heavy atom. The van der Waals surface area contributed by atoms with Crippen LogP contribution in [0.25, 0.3) is 5.76 Å². The summed E-state index contributed by atoms with van der Waals surface area (Å²) in [7, 11) is 0. The summed E-state index contributed by atoms with van der Waals surface area (Å²) >= 11 is 0. The number of carbonyl (C=O) groups is 1. The Kier molecular flexibility index (Phi) is 6.47. The number of carboxylic acid groups (broad SMARTS) is 1. The average molecular weight is 401 g/mol. The fourth-order valence-corrected chi connectivity index (χ4v) is 2.24. The van der Waals surface area contributed by atoms with Crippen LogP contribution in [0.2, 0.25) is 0 Å². The molecule has 1 atom stereocenters. The Labute approximate surface area is 154 Å². The highest BCUT2D eigenvalue weighted by molar-refractivity contribution is 6.14. The predicted octanol–water partition coefficient (Wildman–Crippen LogP) is 3.54. The first-order chi connectivity index (χ1) is 13.2. The van der Waals surface area contributed by atoms with Crippen LogP contribution in [0.15, 0.2) is 40.9 Å². The van der Waals surface area contributed by atoms with Gasteiger partial charge in [-0.2, -0.15) is 0 Å². The molecule has 0 saturated carbocycles. The number of aliphatic imine (C=N–C) groups is 1. The summed E-state index contributed by atoms with van der Waals surface area (Å²) in [6.07, 6.45) is 0.462. The summed E-state index contributed by atoms with van der Waals surface area (Å²) in [5.41, 5.74) is -2.60. The first-order valence-electron chi connectivity index (χ1n) is 7.58. The highest BCUT2D eigenvalue weighted by atomic mass is 19.2. The number of aliphatic hydroxyl groups is 2. The van der Waals surface area contributed by atoms with Crippen LogP contribution < -0.4 is 0 Å². The van der Waals surface area contributed by atoms with E-state index in [9.17, 15) is 37.0 Å². The molecule has 0 fully saturated rings. The zero-order valence-electron chi connectivity index (χ0n) is 13.8. The van der Waals surface area contributed by atoms with Crippen molar-refractivity contribution in [3.05, 3.63) is 76.1 Å². The Bertz CT molecular complexity index is 931. The molecule has 10 heteroatoms. The number of hydrogen-bond donors (Lipinski definition) is 3. The average Bonchev–Trinajstić information content (AvgIpc) is 2.68. The quantitative estimate of drug-likeness (QED) is 0.173. The van der Waals surface area contributed by atoms with Gasteiger partial charge in [0.1, 0.15) is 11.3 Å². The molecule has 0 unspecified atom stereocenters. The normalized spacial score (nSPS) is 13.5. The standard InChI is InChI=1S/C18H12F5NO4/c19-12-11(13(20)15(22)16(23)14(12)21)17(26)9(18(27)28)6-24-10(7-25)8-4-2-1-3-5-8/h1-6,10,25-26H,7H2,(H,27,28)/t10-/m1/s1. The van der Waals surface area contributed by atoms with Gasteiger partial charge in [0.15, 0.2) is 23.3 Å². The van der Waals surface area contributed by atoms with Crippen LogP contribution in [0, 0.1) is 29.1 Å². The van der Waals surface area contributed by atoms with Crippen LogP contribution in [0.5, 0.6) is 0 Å². The number of benzene rings is 2. The monoisotopic (exact) mass is 401 g/mol. The molecular weight excluding hydrogens is 389 g/mol. The Morgan fingerprint density at radius 3 is 1.89 bits per heavy atom. The van der Waals surface area contributed by atoms with E-state index in [1.165, 1.54) is 0 Å². The maximum absolute atomic E-state index is 13.8. The third-order valence-corrected chi connectivity index (χ3v) is 3.67. The lowest BCUT2D eigenvalue weighted by Gasteiger charge is -2.11. The summed E-state index contributed by atoms with van der Waals surface area (Å²) in [5.74, 6) is -15.6. The summed E-state index contributed by atoms with van der Waals surface area (Å²) in [5, 5.41) is 28.5. The predicted molar refractivity (Wildman–Crippen MR) is 88.2 cm³/mol. The number of hydrogen-bond acceptors (Lipinski definition) is 4. The Hall–Kier alpha value is -3.27. The molecule has 148 valence electrons. The fourth-order valence-electron chi connectivity index (χ4n) is 2.24. The van der Waals surface area contributed by atoms with E-state index < -0.39 is 64.6 Å². The highest BCUT2D eigenvalue weighted by Crippen LogP contribution is 2.29. The van der Waals surface area contributed by atoms with E-state index in [0.29, 0.717) is 11.8 Å². The van der Waals surface area contributed by atoms with Gasteiger partial charge >= 0.3 is 5.97 Å². The molecule has 5 nitrogen and oxygen atoms in total. The second-order valence-corrected chi connectivity index (χ2v) is 5.40. The summed E-state index contributed by atoms with van der Waals surface area (Å²) in [6.45, 7) is -0.587. The van der Waals surface area contributed by atoms with Crippen LogP contribution in [0.1, 0.15) is 17.2 Å². The van der Waals surface area contributed by atoms with E-state index in [4.69, 9.17) is 5.11 Å². The molecule has 0 amide bonds. The maximum Gasteiger partial charge on any atom is 0.341 e. The molecular formula is C18H12F5NO4. The molecule has 3 N–H and O–H groups in total. The zero-order chi connectivity index (χ0) is 21.0. The fraction of sp³-hybridized carbons (Fsp3) is 0.111. The molecule has 0 bridgehead atoms. The van der Waals surface area contributed by atoms with Gasteiger partial charge < -0.3 is 15.3 Å². The van der Waals surface area contributed by atoms with Gasteiger partial charge in [-0.1, -0.05) is 30.3 Å². The van der Waals surface area contributed by atoms with Crippen LogP contribution >= 0.6 is 0 Å². The molecule has 2 aromatic carbocycles. The number of aliphatic hydroxyl groups excluding tert-OH is 2. The third kappa shape index (κ3) is 4.01. The maximum atomic E-state index is 13.8. The molecule has 0 aromatic heterocycles. The molecule has 2 rings (SSSR count). The molecule has 0 aliphatic rings. The van der Waals surface area contributed by atoms with Crippen LogP contribution in [-0.4, -0.2) is 34.1 Å². The number of aliphatic carboxylic acids is 1. The van der Waals surface area contributed by atoms with Crippen LogP contribution in [0.4, 0.5) is 22.0 Å². The van der Waals surface area contributed by atoms with Crippen molar-refractivity contribution in [3.63, 3.8) is 0 Å². The molecule has 0 aliphatic carbocycles. The van der Waals surface area contributed by atoms with E-state index in [1.54, 1.807) is 30.3 Å². The topological polar surface area (TPSA) is 90.1 Å². The molecule has 0 aliphatic heterocycles. The highest BCUT2D eigenvalue weighted by Gasteiger charge is 2.30. The Morgan fingerprint density at radius 2 is 1.43 bits per heavy atom. The Balaban J connectivity index is 2.60. The minimum atomic E-state index is -2.46. The van der Waals surface area contributed by atoms with Gasteiger partial charge in [-0.3, -0.25) is 4.99 Å². The SMILES string of the molecule is O=C(O)C(C=N[C@H](CO)c1ccccc1)=C(O)c1c(F)c(F)c(F)c(F)c1F. The van der Waals surface area contributed by atoms with Gasteiger partial charge in [-0.15, -0.1) is 0 Å². The van der Waals surface area contributed by atoms with Crippen LogP contribution in [-0.2, 0) is 4.79 Å². The lowest BCUT2D eigenvalue weighted by molar-refractivity contribution is -0.132. The van der Waals surface area contributed by atoms with E-state index >= 15 is 0 Å². The van der Waals surface area contributed by atoms with Crippen molar-refractivity contribution in [2.75, 3.05) is 6.61 Å². The second-order valence-electron chi connectivity index (χ2n) is 5.40. The van der Waals surface area contributed by atoms with E-state index in [1.807, 2.05) is 0 Å². The number of nitrogens with zero attached hydrogens (tertiary/aromatic N) is 1. The van der Waals surface area contributed by atoms with Gasteiger partial charge in [0, 0.05) is 6.21 Å². The summed E-state index contributed by atoms with van der Waals surface area (Å²) < 4.78 is 67.4. The van der Waals surface area contributed by atoms with Crippen molar-refractivity contribution in [2.45, 2.75) is 6.04 Å². The van der Waals surface area contributed by atoms with Crippen molar-refractivity contribution in [1.82, 2.24) is 0 Å². The van der Waals surface area contributed by atoms with Crippen molar-refractivity contribution in [1.29, 1.82) is 0 Å². The number of rotatable bonds is 6. The van der Waals surface area contributed by atoms with E-state index in [-0.39, 0.29) is 0 Å². The second kappa shape index (κ2) is 8.61. The molecule has 0 spiro atoms. The summed E-state index contributed by atoms with van der Waals surface area (Å²) in [4.78, 5) is 15.1. The van der Waals surface area contributed by atoms with E-state index in [0.717, 1.165) is 0 Å². The van der Waals surface area contributed by atoms with E-state index in [2.05, 4.69) is 4.99 Å². The van der Waals surface area contributed by atoms with Gasteiger partial charge in [0.05, 0.1) is 18.2 Å². The third-order valence-electron chi connectivity index (χ3n) is 3.67. The number of halogens is 5. The smallest absolute Gasteiger partial charge is 0.341 e. The number of carboxylic acids is 1. The summed E-state index contributed by atoms with van der Waals surface area (Å²) in [6, 6.07) is 6.97. The molecule has 0 heterocycles. The largest absolute Gasteiger partial charge is 0.506 e.